The third-order valence-corrected chi connectivity index (χ3v) is 4.93. The highest BCUT2D eigenvalue weighted by molar-refractivity contribution is 9.10. The molecule has 2 heteroatoms. The van der Waals surface area contributed by atoms with Crippen LogP contribution < -0.4 is 5.32 Å². The van der Waals surface area contributed by atoms with Gasteiger partial charge in [-0.3, -0.25) is 0 Å². The van der Waals surface area contributed by atoms with Gasteiger partial charge < -0.3 is 5.32 Å². The summed E-state index contributed by atoms with van der Waals surface area (Å²) in [7, 11) is 0. The Morgan fingerprint density at radius 1 is 1.11 bits per heavy atom. The van der Waals surface area contributed by atoms with Crippen LogP contribution in [0, 0.1) is 5.92 Å². The van der Waals surface area contributed by atoms with Gasteiger partial charge in [-0.1, -0.05) is 40.9 Å². The molecule has 18 heavy (non-hydrogen) atoms. The average Bonchev–Trinajstić information content (AvgIpc) is 3.12. The number of nitrogens with one attached hydrogen (secondary N) is 1. The van der Waals surface area contributed by atoms with Crippen LogP contribution in [0.2, 0.25) is 0 Å². The first-order valence-corrected chi connectivity index (χ1v) is 8.09. The highest BCUT2D eigenvalue weighted by Gasteiger charge is 2.29. The van der Waals surface area contributed by atoms with Crippen molar-refractivity contribution in [3.63, 3.8) is 0 Å². The Balaban J connectivity index is 1.33. The molecule has 2 aliphatic carbocycles. The normalized spacial score (nSPS) is 26.9. The Morgan fingerprint density at radius 3 is 2.50 bits per heavy atom. The second-order valence-corrected chi connectivity index (χ2v) is 6.87. The van der Waals surface area contributed by atoms with Crippen molar-refractivity contribution in [2.75, 3.05) is 6.54 Å². The molecule has 0 heterocycles. The molecule has 1 nitrogen and oxygen atoms in total. The summed E-state index contributed by atoms with van der Waals surface area (Å²) in [5.74, 6) is 1.88. The molecule has 0 atom stereocenters. The van der Waals surface area contributed by atoms with Gasteiger partial charge in [-0.2, -0.15) is 0 Å². The van der Waals surface area contributed by atoms with Gasteiger partial charge in [-0.15, -0.1) is 0 Å². The molecule has 0 spiro atoms. The minimum absolute atomic E-state index is 0.776. The maximum Gasteiger partial charge on any atom is 0.0175 e. The minimum atomic E-state index is 0.776. The van der Waals surface area contributed by atoms with Gasteiger partial charge in [0.05, 0.1) is 0 Å². The van der Waals surface area contributed by atoms with E-state index in [1.54, 1.807) is 0 Å². The fraction of sp³-hybridized carbons (Fsp3) is 0.625. The van der Waals surface area contributed by atoms with Crippen molar-refractivity contribution >= 4 is 15.9 Å². The van der Waals surface area contributed by atoms with Gasteiger partial charge in [0.25, 0.3) is 0 Å². The zero-order chi connectivity index (χ0) is 12.4. The average molecular weight is 308 g/mol. The number of hydrogen-bond acceptors (Lipinski definition) is 1. The van der Waals surface area contributed by atoms with Crippen molar-refractivity contribution in [2.24, 2.45) is 5.92 Å². The predicted octanol–water partition coefficient (Wildman–Crippen LogP) is 4.47. The van der Waals surface area contributed by atoms with Crippen LogP contribution in [-0.4, -0.2) is 12.6 Å². The Hall–Kier alpha value is -0.340. The van der Waals surface area contributed by atoms with Crippen LogP contribution in [0.15, 0.2) is 28.7 Å². The molecule has 0 bridgehead atoms. The Kier molecular flexibility index (Phi) is 4.05. The molecular weight excluding hydrogens is 286 g/mol. The van der Waals surface area contributed by atoms with Gasteiger partial charge in [0, 0.05) is 10.5 Å². The van der Waals surface area contributed by atoms with Crippen LogP contribution in [0.1, 0.15) is 50.0 Å². The van der Waals surface area contributed by atoms with E-state index < -0.39 is 0 Å². The van der Waals surface area contributed by atoms with Gasteiger partial charge in [0.2, 0.25) is 0 Å². The number of rotatable bonds is 6. The van der Waals surface area contributed by atoms with Crippen LogP contribution in [0.4, 0.5) is 0 Å². The summed E-state index contributed by atoms with van der Waals surface area (Å²) in [5, 5.41) is 3.70. The number of halogens is 1. The lowest BCUT2D eigenvalue weighted by Crippen LogP contribution is -2.40. The highest BCUT2D eigenvalue weighted by atomic mass is 79.9. The lowest BCUT2D eigenvalue weighted by molar-refractivity contribution is 0.289. The largest absolute Gasteiger partial charge is 0.314 e. The van der Waals surface area contributed by atoms with Crippen molar-refractivity contribution in [2.45, 2.75) is 50.5 Å². The first-order chi connectivity index (χ1) is 8.81. The SMILES string of the molecule is Brc1ccc(C2CC(NCCCC3CC3)C2)cc1. The zero-order valence-corrected chi connectivity index (χ0v) is 12.5. The van der Waals surface area contributed by atoms with Crippen LogP contribution >= 0.6 is 15.9 Å². The standard InChI is InChI=1S/C16H22BrN/c17-15-7-5-13(6-8-15)14-10-16(11-14)18-9-1-2-12-3-4-12/h5-8,12,14,16,18H,1-4,9-11H2. The van der Waals surface area contributed by atoms with E-state index >= 15 is 0 Å². The lowest BCUT2D eigenvalue weighted by atomic mass is 9.76. The van der Waals surface area contributed by atoms with E-state index in [9.17, 15) is 0 Å². The maximum atomic E-state index is 3.70. The summed E-state index contributed by atoms with van der Waals surface area (Å²) >= 11 is 3.49. The molecule has 3 rings (SSSR count). The molecule has 1 aromatic carbocycles. The Morgan fingerprint density at radius 2 is 1.83 bits per heavy atom. The summed E-state index contributed by atoms with van der Waals surface area (Å²) in [4.78, 5) is 0. The Bertz CT molecular complexity index is 377. The van der Waals surface area contributed by atoms with Gasteiger partial charge in [0.1, 0.15) is 0 Å². The quantitative estimate of drug-likeness (QED) is 0.764. The van der Waals surface area contributed by atoms with E-state index in [1.165, 1.54) is 55.1 Å². The molecule has 1 N–H and O–H groups in total. The Labute approximate surface area is 118 Å². The van der Waals surface area contributed by atoms with Crippen molar-refractivity contribution in [3.05, 3.63) is 34.3 Å². The summed E-state index contributed by atoms with van der Waals surface area (Å²) in [6.07, 6.45) is 8.47. The van der Waals surface area contributed by atoms with E-state index in [1.807, 2.05) is 0 Å². The molecular formula is C16H22BrN. The van der Waals surface area contributed by atoms with Crippen LogP contribution in [0.3, 0.4) is 0 Å². The fourth-order valence-electron chi connectivity index (χ4n) is 2.90. The lowest BCUT2D eigenvalue weighted by Gasteiger charge is -2.36. The van der Waals surface area contributed by atoms with Gasteiger partial charge in [-0.05, 0) is 61.8 Å². The second kappa shape index (κ2) is 5.75. The van der Waals surface area contributed by atoms with Crippen molar-refractivity contribution in [3.8, 4) is 0 Å². The molecule has 2 fully saturated rings. The van der Waals surface area contributed by atoms with Crippen molar-refractivity contribution in [1.82, 2.24) is 5.32 Å². The van der Waals surface area contributed by atoms with E-state index in [2.05, 4.69) is 45.5 Å². The molecule has 0 radical (unpaired) electrons. The summed E-state index contributed by atoms with van der Waals surface area (Å²) in [6.45, 7) is 1.23. The van der Waals surface area contributed by atoms with Crippen LogP contribution in [-0.2, 0) is 0 Å². The molecule has 0 unspecified atom stereocenters. The summed E-state index contributed by atoms with van der Waals surface area (Å²) in [5.41, 5.74) is 1.51. The molecule has 0 aromatic heterocycles. The van der Waals surface area contributed by atoms with Gasteiger partial charge in [-0.25, -0.2) is 0 Å². The molecule has 2 aliphatic rings. The van der Waals surface area contributed by atoms with Crippen LogP contribution in [0.25, 0.3) is 0 Å². The molecule has 0 amide bonds. The van der Waals surface area contributed by atoms with Crippen molar-refractivity contribution < 1.29 is 0 Å². The molecule has 1 aromatic rings. The fourth-order valence-corrected chi connectivity index (χ4v) is 3.16. The van der Waals surface area contributed by atoms with E-state index in [0.717, 1.165) is 17.9 Å². The van der Waals surface area contributed by atoms with E-state index in [-0.39, 0.29) is 0 Å². The third-order valence-electron chi connectivity index (χ3n) is 4.40. The molecule has 98 valence electrons. The minimum Gasteiger partial charge on any atom is -0.314 e. The summed E-state index contributed by atoms with van der Waals surface area (Å²) in [6, 6.07) is 9.62. The highest BCUT2D eigenvalue weighted by Crippen LogP contribution is 2.37. The molecule has 2 saturated carbocycles. The number of hydrogen-bond donors (Lipinski definition) is 1. The maximum absolute atomic E-state index is 3.70. The smallest absolute Gasteiger partial charge is 0.0175 e. The molecule has 0 aliphatic heterocycles. The van der Waals surface area contributed by atoms with Crippen molar-refractivity contribution in [1.29, 1.82) is 0 Å². The van der Waals surface area contributed by atoms with E-state index in [4.69, 9.17) is 0 Å². The topological polar surface area (TPSA) is 12.0 Å². The monoisotopic (exact) mass is 307 g/mol. The van der Waals surface area contributed by atoms with Crippen LogP contribution in [0.5, 0.6) is 0 Å². The van der Waals surface area contributed by atoms with Gasteiger partial charge >= 0.3 is 0 Å². The summed E-state index contributed by atoms with van der Waals surface area (Å²) < 4.78 is 1.18. The van der Waals surface area contributed by atoms with Gasteiger partial charge in [0.15, 0.2) is 0 Å². The number of benzene rings is 1. The first-order valence-electron chi connectivity index (χ1n) is 7.30. The zero-order valence-electron chi connectivity index (χ0n) is 10.9. The predicted molar refractivity (Wildman–Crippen MR) is 79.9 cm³/mol. The first kappa shape index (κ1) is 12.7. The second-order valence-electron chi connectivity index (χ2n) is 5.96. The third kappa shape index (κ3) is 3.36. The molecule has 0 saturated heterocycles. The van der Waals surface area contributed by atoms with E-state index in [0.29, 0.717) is 0 Å².